The Kier molecular flexibility index (Phi) is 3.34. The fourth-order valence-electron chi connectivity index (χ4n) is 2.23. The molecule has 6 nitrogen and oxygen atoms in total. The maximum absolute atomic E-state index is 12.0. The topological polar surface area (TPSA) is 91.9 Å². The molecular weight excluding hydrogens is 286 g/mol. The molecule has 0 fully saturated rings. The molecule has 1 heterocycles. The van der Waals surface area contributed by atoms with Crippen molar-refractivity contribution in [2.24, 2.45) is 0 Å². The van der Waals surface area contributed by atoms with Crippen LogP contribution in [-0.2, 0) is 0 Å². The number of Topliss-reactive ketones (excluding diaryl/α,β-unsaturated/α-hetero) is 1. The summed E-state index contributed by atoms with van der Waals surface area (Å²) in [4.78, 5) is 12.0. The van der Waals surface area contributed by atoms with Crippen molar-refractivity contribution in [3.63, 3.8) is 0 Å². The van der Waals surface area contributed by atoms with E-state index >= 15 is 0 Å². The number of hydrogen-bond acceptors (Lipinski definition) is 5. The first kappa shape index (κ1) is 13.8. The van der Waals surface area contributed by atoms with Crippen LogP contribution < -0.4 is 4.74 Å². The van der Waals surface area contributed by atoms with Gasteiger partial charge in [0.2, 0.25) is 17.5 Å². The molecule has 0 atom stereocenters. The van der Waals surface area contributed by atoms with Gasteiger partial charge in [-0.05, 0) is 11.5 Å². The van der Waals surface area contributed by atoms with E-state index in [0.717, 1.165) is 16.8 Å². The van der Waals surface area contributed by atoms with Gasteiger partial charge in [0.1, 0.15) is 5.75 Å². The van der Waals surface area contributed by atoms with Gasteiger partial charge >= 0.3 is 0 Å². The van der Waals surface area contributed by atoms with Crippen LogP contribution in [0.3, 0.4) is 0 Å². The second kappa shape index (κ2) is 5.33. The molecule has 6 heteroatoms. The van der Waals surface area contributed by atoms with Crippen molar-refractivity contribution < 1.29 is 25.0 Å². The summed E-state index contributed by atoms with van der Waals surface area (Å²) in [6, 6.07) is 14.0. The van der Waals surface area contributed by atoms with Crippen LogP contribution >= 0.6 is 0 Å². The van der Waals surface area contributed by atoms with E-state index in [0.29, 0.717) is 5.75 Å². The van der Waals surface area contributed by atoms with Gasteiger partial charge in [0, 0.05) is 11.5 Å². The maximum atomic E-state index is 12.0. The summed E-state index contributed by atoms with van der Waals surface area (Å²) in [6.07, 6.45) is 0. The number of ketones is 1. The molecule has 0 aliphatic heterocycles. The molecule has 2 aromatic carbocycles. The van der Waals surface area contributed by atoms with Crippen LogP contribution in [0.15, 0.2) is 48.5 Å². The maximum Gasteiger partial charge on any atom is 0.240 e. The molecule has 3 rings (SSSR count). The quantitative estimate of drug-likeness (QED) is 0.508. The summed E-state index contributed by atoms with van der Waals surface area (Å²) in [5, 5.41) is 29.9. The molecule has 0 saturated carbocycles. The van der Waals surface area contributed by atoms with E-state index in [2.05, 4.69) is 0 Å². The highest BCUT2D eigenvalue weighted by Gasteiger charge is 2.20. The predicted octanol–water partition coefficient (Wildman–Crippen LogP) is 2.55. The van der Waals surface area contributed by atoms with Crippen LogP contribution in [-0.4, -0.2) is 32.5 Å². The summed E-state index contributed by atoms with van der Waals surface area (Å²) in [6.45, 7) is -0.328. The lowest BCUT2D eigenvalue weighted by atomic mass is 10.1. The van der Waals surface area contributed by atoms with Crippen molar-refractivity contribution in [3.05, 3.63) is 54.1 Å². The predicted molar refractivity (Wildman–Crippen MR) is 78.7 cm³/mol. The van der Waals surface area contributed by atoms with E-state index in [4.69, 9.17) is 4.74 Å². The molecule has 0 radical (unpaired) electrons. The van der Waals surface area contributed by atoms with Crippen molar-refractivity contribution in [1.29, 1.82) is 0 Å². The molecule has 0 aliphatic rings. The standard InChI is InChI=1S/C16H13NO5/c18-13(12-8-15(19)17(21)16(12)20)9-22-14-7-3-5-10-4-1-2-6-11(10)14/h1-8,19-21H,9H2. The lowest BCUT2D eigenvalue weighted by Gasteiger charge is -2.08. The van der Waals surface area contributed by atoms with E-state index in [1.807, 2.05) is 36.4 Å². The minimum absolute atomic E-state index is 0.130. The van der Waals surface area contributed by atoms with Crippen LogP contribution in [0.4, 0.5) is 0 Å². The SMILES string of the molecule is O=C(COc1cccc2ccccc12)c1cc(O)n(O)c1O. The number of hydrogen-bond donors (Lipinski definition) is 3. The minimum atomic E-state index is -0.719. The van der Waals surface area contributed by atoms with Crippen LogP contribution in [0.2, 0.25) is 0 Å². The normalized spacial score (nSPS) is 10.7. The second-order valence-electron chi connectivity index (χ2n) is 4.74. The highest BCUT2D eigenvalue weighted by Crippen LogP contribution is 2.28. The molecule has 0 amide bonds. The van der Waals surface area contributed by atoms with Crippen molar-refractivity contribution in [2.45, 2.75) is 0 Å². The van der Waals surface area contributed by atoms with E-state index < -0.39 is 17.5 Å². The average molecular weight is 299 g/mol. The third-order valence-electron chi connectivity index (χ3n) is 3.34. The van der Waals surface area contributed by atoms with Gasteiger partial charge in [-0.1, -0.05) is 36.4 Å². The third-order valence-corrected chi connectivity index (χ3v) is 3.34. The first-order valence-electron chi connectivity index (χ1n) is 6.54. The van der Waals surface area contributed by atoms with Gasteiger partial charge in [0.15, 0.2) is 6.61 Å². The van der Waals surface area contributed by atoms with Gasteiger partial charge in [-0.15, -0.1) is 4.73 Å². The smallest absolute Gasteiger partial charge is 0.240 e. The van der Waals surface area contributed by atoms with E-state index in [1.165, 1.54) is 0 Å². The van der Waals surface area contributed by atoms with Gasteiger partial charge in [-0.25, -0.2) is 0 Å². The lowest BCUT2D eigenvalue weighted by Crippen LogP contribution is -2.11. The molecule has 0 aliphatic carbocycles. The van der Waals surface area contributed by atoms with Crippen molar-refractivity contribution in [2.75, 3.05) is 6.61 Å². The molecule has 112 valence electrons. The van der Waals surface area contributed by atoms with Gasteiger partial charge in [-0.3, -0.25) is 4.79 Å². The van der Waals surface area contributed by atoms with Gasteiger partial charge in [-0.2, -0.15) is 0 Å². The number of ether oxygens (including phenoxy) is 1. The molecule has 0 bridgehead atoms. The molecule has 3 aromatic rings. The second-order valence-corrected chi connectivity index (χ2v) is 4.74. The Balaban J connectivity index is 1.82. The number of rotatable bonds is 4. The van der Waals surface area contributed by atoms with E-state index in [1.54, 1.807) is 6.07 Å². The molecule has 1 aromatic heterocycles. The van der Waals surface area contributed by atoms with Crippen molar-refractivity contribution in [1.82, 2.24) is 4.73 Å². The number of aromatic hydroxyl groups is 2. The van der Waals surface area contributed by atoms with E-state index in [-0.39, 0.29) is 16.9 Å². The fraction of sp³-hybridized carbons (Fsp3) is 0.0625. The molecule has 0 saturated heterocycles. The largest absolute Gasteiger partial charge is 0.492 e. The molecule has 22 heavy (non-hydrogen) atoms. The number of fused-ring (bicyclic) bond motifs is 1. The molecule has 3 N–H and O–H groups in total. The Labute approximate surface area is 125 Å². The third kappa shape index (κ3) is 2.31. The number of carbonyl (C=O) groups excluding carboxylic acids is 1. The molecular formula is C16H13NO5. The van der Waals surface area contributed by atoms with Crippen LogP contribution in [0.25, 0.3) is 10.8 Å². The zero-order valence-corrected chi connectivity index (χ0v) is 11.4. The van der Waals surface area contributed by atoms with Gasteiger partial charge in [0.25, 0.3) is 0 Å². The van der Waals surface area contributed by atoms with E-state index in [9.17, 15) is 20.2 Å². The first-order valence-corrected chi connectivity index (χ1v) is 6.54. The van der Waals surface area contributed by atoms with Crippen LogP contribution in [0, 0.1) is 0 Å². The minimum Gasteiger partial charge on any atom is -0.492 e. The molecule has 0 unspecified atom stereocenters. The number of carbonyl (C=O) groups is 1. The monoisotopic (exact) mass is 299 g/mol. The number of nitrogens with zero attached hydrogens (tertiary/aromatic N) is 1. The summed E-state index contributed by atoms with van der Waals surface area (Å²) >= 11 is 0. The Morgan fingerprint density at radius 2 is 1.82 bits per heavy atom. The Morgan fingerprint density at radius 3 is 2.55 bits per heavy atom. The van der Waals surface area contributed by atoms with Crippen LogP contribution in [0.5, 0.6) is 17.5 Å². The lowest BCUT2D eigenvalue weighted by molar-refractivity contribution is 0.0911. The summed E-state index contributed by atoms with van der Waals surface area (Å²) in [5.41, 5.74) is -0.208. The summed E-state index contributed by atoms with van der Waals surface area (Å²) in [7, 11) is 0. The Hall–Kier alpha value is -3.15. The first-order chi connectivity index (χ1) is 10.6. The highest BCUT2D eigenvalue weighted by molar-refractivity contribution is 6.00. The van der Waals surface area contributed by atoms with Gasteiger partial charge in [0.05, 0.1) is 5.56 Å². The summed E-state index contributed by atoms with van der Waals surface area (Å²) < 4.78 is 5.64. The zero-order chi connectivity index (χ0) is 15.7. The van der Waals surface area contributed by atoms with Gasteiger partial charge < -0.3 is 20.2 Å². The molecule has 0 spiro atoms. The van der Waals surface area contributed by atoms with Crippen LogP contribution in [0.1, 0.15) is 10.4 Å². The number of benzene rings is 2. The summed E-state index contributed by atoms with van der Waals surface area (Å²) in [5.74, 6) is -1.36. The Bertz CT molecular complexity index is 848. The van der Waals surface area contributed by atoms with Crippen molar-refractivity contribution in [3.8, 4) is 17.5 Å². The number of aromatic nitrogens is 1. The average Bonchev–Trinajstić information content (AvgIpc) is 2.80. The Morgan fingerprint density at radius 1 is 1.09 bits per heavy atom. The fourth-order valence-corrected chi connectivity index (χ4v) is 2.23. The highest BCUT2D eigenvalue weighted by atomic mass is 16.5. The zero-order valence-electron chi connectivity index (χ0n) is 11.4. The van der Waals surface area contributed by atoms with Crippen molar-refractivity contribution >= 4 is 16.6 Å².